The first-order chi connectivity index (χ1) is 11.1. The van der Waals surface area contributed by atoms with E-state index in [9.17, 15) is 4.79 Å². The van der Waals surface area contributed by atoms with Gasteiger partial charge >= 0.3 is 5.63 Å². The molecule has 0 bridgehead atoms. The molecule has 2 heterocycles. The van der Waals surface area contributed by atoms with Crippen molar-refractivity contribution < 1.29 is 9.15 Å². The Bertz CT molecular complexity index is 742. The number of aryl methyl sites for hydroxylation is 2. The van der Waals surface area contributed by atoms with Gasteiger partial charge in [-0.05, 0) is 74.5 Å². The summed E-state index contributed by atoms with van der Waals surface area (Å²) in [4.78, 5) is 14.3. The molecule has 0 radical (unpaired) electrons. The molecule has 4 heteroatoms. The standard InChI is InChI=1S/C19H25NO3/c1-13-8-17-16(10-19(21)23-18(17)9-14(13)2)11-20-6-4-15(5-7-20)12-22-3/h8-10,15H,4-7,11-12H2,1-3H3. The van der Waals surface area contributed by atoms with Crippen LogP contribution in [0.3, 0.4) is 0 Å². The Morgan fingerprint density at radius 1 is 1.17 bits per heavy atom. The average molecular weight is 315 g/mol. The zero-order valence-corrected chi connectivity index (χ0v) is 14.2. The number of fused-ring (bicyclic) bond motifs is 1. The van der Waals surface area contributed by atoms with Crippen molar-refractivity contribution in [3.8, 4) is 0 Å². The van der Waals surface area contributed by atoms with E-state index in [0.29, 0.717) is 11.5 Å². The van der Waals surface area contributed by atoms with Gasteiger partial charge in [-0.3, -0.25) is 4.90 Å². The third kappa shape index (κ3) is 3.65. The highest BCUT2D eigenvalue weighted by Gasteiger charge is 2.20. The predicted octanol–water partition coefficient (Wildman–Crippen LogP) is 3.27. The van der Waals surface area contributed by atoms with Gasteiger partial charge in [0, 0.05) is 31.7 Å². The smallest absolute Gasteiger partial charge is 0.336 e. The lowest BCUT2D eigenvalue weighted by Crippen LogP contribution is -2.34. The monoisotopic (exact) mass is 315 g/mol. The molecule has 23 heavy (non-hydrogen) atoms. The van der Waals surface area contributed by atoms with Crippen LogP contribution in [0.5, 0.6) is 0 Å². The third-order valence-corrected chi connectivity index (χ3v) is 4.95. The highest BCUT2D eigenvalue weighted by molar-refractivity contribution is 5.81. The van der Waals surface area contributed by atoms with Crippen LogP contribution in [0, 0.1) is 19.8 Å². The number of ether oxygens (including phenoxy) is 1. The molecule has 1 fully saturated rings. The molecule has 0 saturated carbocycles. The van der Waals surface area contributed by atoms with Crippen molar-refractivity contribution >= 4 is 11.0 Å². The number of piperidine rings is 1. The molecular formula is C19H25NO3. The van der Waals surface area contributed by atoms with Crippen LogP contribution in [0.2, 0.25) is 0 Å². The summed E-state index contributed by atoms with van der Waals surface area (Å²) < 4.78 is 10.6. The summed E-state index contributed by atoms with van der Waals surface area (Å²) >= 11 is 0. The van der Waals surface area contributed by atoms with Crippen LogP contribution in [-0.2, 0) is 11.3 Å². The molecule has 0 N–H and O–H groups in total. The number of likely N-dealkylation sites (tertiary alicyclic amines) is 1. The first-order valence-electron chi connectivity index (χ1n) is 8.32. The van der Waals surface area contributed by atoms with Gasteiger partial charge in [0.15, 0.2) is 0 Å². The number of rotatable bonds is 4. The minimum atomic E-state index is -0.259. The Labute approximate surface area is 137 Å². The zero-order valence-electron chi connectivity index (χ0n) is 14.2. The molecule has 1 aliphatic heterocycles. The fourth-order valence-corrected chi connectivity index (χ4v) is 3.40. The summed E-state index contributed by atoms with van der Waals surface area (Å²) in [5, 5.41) is 1.06. The maximum absolute atomic E-state index is 11.9. The molecule has 2 aromatic rings. The van der Waals surface area contributed by atoms with E-state index in [1.807, 2.05) is 13.0 Å². The van der Waals surface area contributed by atoms with E-state index in [1.54, 1.807) is 13.2 Å². The second-order valence-corrected chi connectivity index (χ2v) is 6.70. The van der Waals surface area contributed by atoms with Gasteiger partial charge in [0.05, 0.1) is 0 Å². The van der Waals surface area contributed by atoms with Crippen LogP contribution in [-0.4, -0.2) is 31.7 Å². The van der Waals surface area contributed by atoms with Crippen molar-refractivity contribution in [3.63, 3.8) is 0 Å². The van der Waals surface area contributed by atoms with Crippen molar-refractivity contribution in [2.24, 2.45) is 5.92 Å². The number of hydrogen-bond acceptors (Lipinski definition) is 4. The zero-order chi connectivity index (χ0) is 16.4. The van der Waals surface area contributed by atoms with E-state index in [2.05, 4.69) is 17.9 Å². The molecule has 0 unspecified atom stereocenters. The maximum Gasteiger partial charge on any atom is 0.336 e. The van der Waals surface area contributed by atoms with Gasteiger partial charge in [0.1, 0.15) is 5.58 Å². The van der Waals surface area contributed by atoms with Gasteiger partial charge in [-0.2, -0.15) is 0 Å². The number of methoxy groups -OCH3 is 1. The molecule has 0 atom stereocenters. The van der Waals surface area contributed by atoms with E-state index in [0.717, 1.165) is 55.6 Å². The van der Waals surface area contributed by atoms with Crippen molar-refractivity contribution in [2.75, 3.05) is 26.8 Å². The molecule has 0 aliphatic carbocycles. The summed E-state index contributed by atoms with van der Waals surface area (Å²) in [6.07, 6.45) is 2.32. The fraction of sp³-hybridized carbons (Fsp3) is 0.526. The highest BCUT2D eigenvalue weighted by atomic mass is 16.5. The minimum Gasteiger partial charge on any atom is -0.423 e. The largest absolute Gasteiger partial charge is 0.423 e. The van der Waals surface area contributed by atoms with Crippen molar-refractivity contribution in [1.29, 1.82) is 0 Å². The summed E-state index contributed by atoms with van der Waals surface area (Å²) in [5.74, 6) is 0.665. The van der Waals surface area contributed by atoms with Crippen LogP contribution >= 0.6 is 0 Å². The summed E-state index contributed by atoms with van der Waals surface area (Å²) in [6, 6.07) is 5.76. The van der Waals surface area contributed by atoms with Crippen LogP contribution in [0.25, 0.3) is 11.0 Å². The Kier molecular flexibility index (Phi) is 4.83. The maximum atomic E-state index is 11.9. The second-order valence-electron chi connectivity index (χ2n) is 6.70. The van der Waals surface area contributed by atoms with Gasteiger partial charge in [0.2, 0.25) is 0 Å². The first kappa shape index (κ1) is 16.2. The summed E-state index contributed by atoms with van der Waals surface area (Å²) in [6.45, 7) is 7.91. The van der Waals surface area contributed by atoms with Crippen LogP contribution < -0.4 is 5.63 Å². The third-order valence-electron chi connectivity index (χ3n) is 4.95. The Morgan fingerprint density at radius 2 is 1.87 bits per heavy atom. The molecule has 1 aromatic carbocycles. The lowest BCUT2D eigenvalue weighted by atomic mass is 9.97. The Morgan fingerprint density at radius 3 is 2.57 bits per heavy atom. The van der Waals surface area contributed by atoms with Crippen LogP contribution in [0.1, 0.15) is 29.5 Å². The molecule has 1 aliphatic rings. The molecular weight excluding hydrogens is 290 g/mol. The van der Waals surface area contributed by atoms with Crippen LogP contribution in [0.4, 0.5) is 0 Å². The second kappa shape index (κ2) is 6.85. The minimum absolute atomic E-state index is 0.259. The topological polar surface area (TPSA) is 42.7 Å². The lowest BCUT2D eigenvalue weighted by Gasteiger charge is -2.31. The number of benzene rings is 1. The van der Waals surface area contributed by atoms with Crippen LogP contribution in [0.15, 0.2) is 27.4 Å². The van der Waals surface area contributed by atoms with Gasteiger partial charge < -0.3 is 9.15 Å². The molecule has 1 aromatic heterocycles. The van der Waals surface area contributed by atoms with Gasteiger partial charge in [-0.1, -0.05) is 0 Å². The molecule has 0 spiro atoms. The van der Waals surface area contributed by atoms with Gasteiger partial charge in [-0.15, -0.1) is 0 Å². The van der Waals surface area contributed by atoms with E-state index >= 15 is 0 Å². The molecule has 3 rings (SSSR count). The predicted molar refractivity (Wildman–Crippen MR) is 91.8 cm³/mol. The normalized spacial score (nSPS) is 17.0. The summed E-state index contributed by atoms with van der Waals surface area (Å²) in [5.41, 5.74) is 3.89. The van der Waals surface area contributed by atoms with E-state index in [4.69, 9.17) is 9.15 Å². The Balaban J connectivity index is 1.83. The van der Waals surface area contributed by atoms with E-state index < -0.39 is 0 Å². The lowest BCUT2D eigenvalue weighted by molar-refractivity contribution is 0.0969. The average Bonchev–Trinajstić information content (AvgIpc) is 2.51. The quantitative estimate of drug-likeness (QED) is 0.812. The van der Waals surface area contributed by atoms with Crippen molar-refractivity contribution in [1.82, 2.24) is 4.90 Å². The van der Waals surface area contributed by atoms with E-state index in [-0.39, 0.29) is 5.63 Å². The SMILES string of the molecule is COCC1CCN(Cc2cc(=O)oc3cc(C)c(C)cc23)CC1. The highest BCUT2D eigenvalue weighted by Crippen LogP contribution is 2.24. The summed E-state index contributed by atoms with van der Waals surface area (Å²) in [7, 11) is 1.77. The first-order valence-corrected chi connectivity index (χ1v) is 8.32. The number of nitrogens with zero attached hydrogens (tertiary/aromatic N) is 1. The fourth-order valence-electron chi connectivity index (χ4n) is 3.40. The van der Waals surface area contributed by atoms with Gasteiger partial charge in [0.25, 0.3) is 0 Å². The van der Waals surface area contributed by atoms with Crippen molar-refractivity contribution in [3.05, 3.63) is 45.3 Å². The molecule has 4 nitrogen and oxygen atoms in total. The molecule has 124 valence electrons. The van der Waals surface area contributed by atoms with E-state index in [1.165, 1.54) is 5.56 Å². The van der Waals surface area contributed by atoms with Gasteiger partial charge in [-0.25, -0.2) is 4.79 Å². The molecule has 0 amide bonds. The number of hydrogen-bond donors (Lipinski definition) is 0. The van der Waals surface area contributed by atoms with Crippen molar-refractivity contribution in [2.45, 2.75) is 33.2 Å². The molecule has 1 saturated heterocycles. The Hall–Kier alpha value is -1.65.